The number of aliphatic hydroxyl groups is 1. The van der Waals surface area contributed by atoms with Gasteiger partial charge in [-0.25, -0.2) is 4.79 Å². The summed E-state index contributed by atoms with van der Waals surface area (Å²) in [5, 5.41) is 11.3. The third-order valence-corrected chi connectivity index (χ3v) is 6.23. The first-order chi connectivity index (χ1) is 18.6. The van der Waals surface area contributed by atoms with Crippen LogP contribution < -0.4 is 9.64 Å². The molecule has 0 spiro atoms. The van der Waals surface area contributed by atoms with E-state index < -0.39 is 23.7 Å². The van der Waals surface area contributed by atoms with Crippen molar-refractivity contribution in [1.29, 1.82) is 0 Å². The Labute approximate surface area is 228 Å². The molecule has 3 aromatic rings. The molecule has 1 amide bonds. The number of hydrogen-bond acceptors (Lipinski definition) is 6. The third kappa shape index (κ3) is 6.03. The first kappa shape index (κ1) is 27.6. The molecule has 202 valence electrons. The summed E-state index contributed by atoms with van der Waals surface area (Å²) in [6, 6.07) is 19.7. The summed E-state index contributed by atoms with van der Waals surface area (Å²) in [7, 11) is 0. The summed E-state index contributed by atoms with van der Waals surface area (Å²) >= 11 is 0. The summed E-state index contributed by atoms with van der Waals surface area (Å²) < 4.78 is 11.0. The van der Waals surface area contributed by atoms with Gasteiger partial charge in [-0.15, -0.1) is 0 Å². The number of Topliss-reactive ketones (excluding diaryl/α,β-unsaturated/α-hetero) is 1. The fourth-order valence-electron chi connectivity index (χ4n) is 4.46. The van der Waals surface area contributed by atoms with Crippen molar-refractivity contribution in [1.82, 2.24) is 0 Å². The lowest BCUT2D eigenvalue weighted by atomic mass is 9.94. The van der Waals surface area contributed by atoms with E-state index in [4.69, 9.17) is 9.47 Å². The van der Waals surface area contributed by atoms with Gasteiger partial charge in [0, 0.05) is 11.3 Å². The summed E-state index contributed by atoms with van der Waals surface area (Å²) in [5.74, 6) is -1.46. The molecule has 1 unspecified atom stereocenters. The summed E-state index contributed by atoms with van der Waals surface area (Å²) in [5.41, 5.74) is 2.76. The predicted molar refractivity (Wildman–Crippen MR) is 150 cm³/mol. The highest BCUT2D eigenvalue weighted by Crippen LogP contribution is 2.42. The summed E-state index contributed by atoms with van der Waals surface area (Å²) in [4.78, 5) is 40.6. The molecule has 1 saturated heterocycles. The molecule has 1 aliphatic heterocycles. The van der Waals surface area contributed by atoms with Crippen molar-refractivity contribution in [3.05, 3.63) is 101 Å². The Balaban J connectivity index is 1.77. The van der Waals surface area contributed by atoms with Crippen molar-refractivity contribution < 1.29 is 29.0 Å². The highest BCUT2D eigenvalue weighted by atomic mass is 16.5. The second kappa shape index (κ2) is 11.6. The second-order valence-corrected chi connectivity index (χ2v) is 10.3. The third-order valence-electron chi connectivity index (χ3n) is 6.23. The van der Waals surface area contributed by atoms with Crippen LogP contribution in [0.3, 0.4) is 0 Å². The molecular formula is C32H33NO6. The minimum absolute atomic E-state index is 0.0106. The molecule has 1 heterocycles. The molecule has 3 aromatic carbocycles. The van der Waals surface area contributed by atoms with Gasteiger partial charge in [-0.1, -0.05) is 43.7 Å². The molecule has 0 saturated carbocycles. The zero-order chi connectivity index (χ0) is 28.3. The van der Waals surface area contributed by atoms with E-state index in [0.717, 1.165) is 5.56 Å². The molecule has 0 radical (unpaired) electrons. The van der Waals surface area contributed by atoms with Crippen molar-refractivity contribution in [2.24, 2.45) is 5.92 Å². The summed E-state index contributed by atoms with van der Waals surface area (Å²) in [6.07, 6.45) is -0.0143. The number of rotatable bonds is 8. The van der Waals surface area contributed by atoms with Gasteiger partial charge in [0.05, 0.1) is 29.9 Å². The van der Waals surface area contributed by atoms with Crippen LogP contribution in [0.1, 0.15) is 60.8 Å². The van der Waals surface area contributed by atoms with E-state index in [1.165, 1.54) is 4.90 Å². The number of benzene rings is 3. The number of ketones is 1. The zero-order valence-electron chi connectivity index (χ0n) is 22.8. The van der Waals surface area contributed by atoms with Gasteiger partial charge in [-0.3, -0.25) is 14.5 Å². The van der Waals surface area contributed by atoms with Crippen LogP contribution in [0.5, 0.6) is 5.75 Å². The molecule has 39 heavy (non-hydrogen) atoms. The van der Waals surface area contributed by atoms with Crippen LogP contribution in [0.2, 0.25) is 0 Å². The van der Waals surface area contributed by atoms with E-state index in [1.54, 1.807) is 48.5 Å². The van der Waals surface area contributed by atoms with Crippen LogP contribution in [0.25, 0.3) is 5.76 Å². The maximum Gasteiger partial charge on any atom is 0.338 e. The highest BCUT2D eigenvalue weighted by Gasteiger charge is 2.47. The molecule has 1 atom stereocenters. The fourth-order valence-corrected chi connectivity index (χ4v) is 4.46. The van der Waals surface area contributed by atoms with Crippen LogP contribution in [0.4, 0.5) is 5.69 Å². The number of carbonyl (C=O) groups excluding carboxylic acids is 3. The number of ether oxygens (including phenoxy) is 2. The smallest absolute Gasteiger partial charge is 0.338 e. The second-order valence-electron chi connectivity index (χ2n) is 10.3. The molecule has 0 aliphatic carbocycles. The van der Waals surface area contributed by atoms with E-state index in [9.17, 15) is 19.5 Å². The summed E-state index contributed by atoms with van der Waals surface area (Å²) in [6.45, 7) is 9.95. The van der Waals surface area contributed by atoms with Gasteiger partial charge in [0.15, 0.2) is 0 Å². The Morgan fingerprint density at radius 1 is 0.923 bits per heavy atom. The van der Waals surface area contributed by atoms with Crippen LogP contribution in [0, 0.1) is 12.8 Å². The normalized spacial score (nSPS) is 16.7. The van der Waals surface area contributed by atoms with E-state index in [1.807, 2.05) is 58.9 Å². The predicted octanol–water partition coefficient (Wildman–Crippen LogP) is 6.22. The van der Waals surface area contributed by atoms with Gasteiger partial charge in [0.1, 0.15) is 11.5 Å². The van der Waals surface area contributed by atoms with Crippen LogP contribution in [-0.2, 0) is 14.3 Å². The van der Waals surface area contributed by atoms with Gasteiger partial charge in [0.2, 0.25) is 0 Å². The van der Waals surface area contributed by atoms with Crippen molar-refractivity contribution in [3.8, 4) is 5.75 Å². The number of esters is 1. The Morgan fingerprint density at radius 3 is 2.15 bits per heavy atom. The number of amides is 1. The number of aliphatic hydroxyl groups excluding tert-OH is 1. The topological polar surface area (TPSA) is 93.1 Å². The van der Waals surface area contributed by atoms with Gasteiger partial charge in [-0.05, 0) is 80.8 Å². The van der Waals surface area contributed by atoms with E-state index in [0.29, 0.717) is 34.7 Å². The molecule has 1 N–H and O–H groups in total. The molecule has 1 aliphatic rings. The van der Waals surface area contributed by atoms with Crippen molar-refractivity contribution in [3.63, 3.8) is 0 Å². The van der Waals surface area contributed by atoms with Crippen molar-refractivity contribution in [2.75, 3.05) is 11.5 Å². The first-order valence-corrected chi connectivity index (χ1v) is 13.0. The van der Waals surface area contributed by atoms with Gasteiger partial charge < -0.3 is 14.6 Å². The standard InChI is InChI=1S/C32H33NO6/c1-19(2)18-38-32(37)23-9-13-25(14-10-23)33-28(24-8-6-7-21(5)17-24)27(30(35)31(33)36)29(34)22-11-15-26(16-12-22)39-20(3)4/h6-17,19-20,28,34H,18H2,1-5H3/b29-27+. The lowest BCUT2D eigenvalue weighted by Crippen LogP contribution is -2.29. The Morgan fingerprint density at radius 2 is 1.56 bits per heavy atom. The number of hydrogen-bond donors (Lipinski definition) is 1. The molecule has 0 bridgehead atoms. The molecule has 1 fully saturated rings. The van der Waals surface area contributed by atoms with E-state index >= 15 is 0 Å². The lowest BCUT2D eigenvalue weighted by molar-refractivity contribution is -0.132. The minimum Gasteiger partial charge on any atom is -0.507 e. The molecule has 4 rings (SSSR count). The number of carbonyl (C=O) groups is 3. The Bertz CT molecular complexity index is 1400. The van der Waals surface area contributed by atoms with Crippen LogP contribution in [0.15, 0.2) is 78.4 Å². The van der Waals surface area contributed by atoms with Crippen LogP contribution in [-0.4, -0.2) is 35.5 Å². The average molecular weight is 528 g/mol. The number of anilines is 1. The largest absolute Gasteiger partial charge is 0.507 e. The SMILES string of the molecule is Cc1cccc(C2/C(=C(\O)c3ccc(OC(C)C)cc3)C(=O)C(=O)N2c2ccc(C(=O)OCC(C)C)cc2)c1. The average Bonchev–Trinajstić information content (AvgIpc) is 3.17. The maximum absolute atomic E-state index is 13.4. The van der Waals surface area contributed by atoms with Crippen molar-refractivity contribution >= 4 is 29.1 Å². The maximum atomic E-state index is 13.4. The Hall–Kier alpha value is -4.39. The quantitative estimate of drug-likeness (QED) is 0.162. The van der Waals surface area contributed by atoms with E-state index in [-0.39, 0.29) is 23.4 Å². The lowest BCUT2D eigenvalue weighted by Gasteiger charge is -2.26. The fraction of sp³-hybridized carbons (Fsp3) is 0.281. The first-order valence-electron chi connectivity index (χ1n) is 13.0. The van der Waals surface area contributed by atoms with Crippen LogP contribution >= 0.6 is 0 Å². The van der Waals surface area contributed by atoms with E-state index in [2.05, 4.69) is 0 Å². The van der Waals surface area contributed by atoms with Gasteiger partial charge in [-0.2, -0.15) is 0 Å². The zero-order valence-corrected chi connectivity index (χ0v) is 22.8. The molecule has 7 nitrogen and oxygen atoms in total. The number of nitrogens with zero attached hydrogens (tertiary/aromatic N) is 1. The van der Waals surface area contributed by atoms with Gasteiger partial charge in [0.25, 0.3) is 11.7 Å². The number of aryl methyl sites for hydroxylation is 1. The minimum atomic E-state index is -0.866. The monoisotopic (exact) mass is 527 g/mol. The molecule has 0 aromatic heterocycles. The molecule has 7 heteroatoms. The van der Waals surface area contributed by atoms with Gasteiger partial charge >= 0.3 is 5.97 Å². The highest BCUT2D eigenvalue weighted by molar-refractivity contribution is 6.51. The molecular weight excluding hydrogens is 494 g/mol. The Kier molecular flexibility index (Phi) is 8.19. The van der Waals surface area contributed by atoms with Crippen molar-refractivity contribution in [2.45, 2.75) is 46.8 Å².